The number of hydrogen-bond acceptors (Lipinski definition) is 3. The van der Waals surface area contributed by atoms with Gasteiger partial charge < -0.3 is 10.6 Å². The van der Waals surface area contributed by atoms with Crippen LogP contribution in [0.2, 0.25) is 0 Å². The van der Waals surface area contributed by atoms with E-state index in [1.165, 1.54) is 6.92 Å². The summed E-state index contributed by atoms with van der Waals surface area (Å²) < 4.78 is 0. The van der Waals surface area contributed by atoms with Gasteiger partial charge in [-0.2, -0.15) is 0 Å². The van der Waals surface area contributed by atoms with Crippen molar-refractivity contribution < 1.29 is 9.59 Å². The molecule has 0 radical (unpaired) electrons. The van der Waals surface area contributed by atoms with E-state index in [1.54, 1.807) is 12.1 Å². The first-order valence-electron chi connectivity index (χ1n) is 8.30. The zero-order chi connectivity index (χ0) is 17.5. The summed E-state index contributed by atoms with van der Waals surface area (Å²) in [5.41, 5.74) is 4.70. The Kier molecular flexibility index (Phi) is 6.13. The molecule has 0 atom stereocenters. The van der Waals surface area contributed by atoms with Crippen LogP contribution in [0.25, 0.3) is 0 Å². The van der Waals surface area contributed by atoms with Gasteiger partial charge in [-0.25, -0.2) is 0 Å². The average molecular weight is 324 g/mol. The van der Waals surface area contributed by atoms with Crippen molar-refractivity contribution in [2.45, 2.75) is 33.6 Å². The molecular weight excluding hydrogens is 300 g/mol. The summed E-state index contributed by atoms with van der Waals surface area (Å²) in [4.78, 5) is 23.5. The van der Waals surface area contributed by atoms with Gasteiger partial charge in [0.05, 0.1) is 6.54 Å². The van der Waals surface area contributed by atoms with Crippen LogP contribution in [0.1, 0.15) is 42.3 Å². The molecule has 0 saturated carbocycles. The Morgan fingerprint density at radius 1 is 0.917 bits per heavy atom. The third-order valence-corrected chi connectivity index (χ3v) is 4.01. The molecule has 0 saturated heterocycles. The molecule has 0 unspecified atom stereocenters. The lowest BCUT2D eigenvalue weighted by Gasteiger charge is -2.15. The number of anilines is 2. The van der Waals surface area contributed by atoms with Crippen LogP contribution in [0.3, 0.4) is 0 Å². The van der Waals surface area contributed by atoms with Crippen LogP contribution in [0, 0.1) is 0 Å². The number of hydrogen-bond donors (Lipinski definition) is 2. The molecule has 2 rings (SSSR count). The highest BCUT2D eigenvalue weighted by Crippen LogP contribution is 2.22. The van der Waals surface area contributed by atoms with Crippen LogP contribution in [0.4, 0.5) is 11.4 Å². The Hall–Kier alpha value is -2.62. The summed E-state index contributed by atoms with van der Waals surface area (Å²) in [6, 6.07) is 13.2. The third-order valence-electron chi connectivity index (χ3n) is 4.01. The summed E-state index contributed by atoms with van der Waals surface area (Å²) in [7, 11) is 0. The zero-order valence-corrected chi connectivity index (χ0v) is 14.5. The van der Waals surface area contributed by atoms with E-state index in [0.29, 0.717) is 5.56 Å². The molecule has 2 aromatic carbocycles. The lowest BCUT2D eigenvalue weighted by atomic mass is 10.0. The number of carbonyl (C=O) groups is 2. The monoisotopic (exact) mass is 324 g/mol. The maximum Gasteiger partial charge on any atom is 0.243 e. The van der Waals surface area contributed by atoms with Gasteiger partial charge in [-0.15, -0.1) is 0 Å². The van der Waals surface area contributed by atoms with E-state index < -0.39 is 0 Å². The van der Waals surface area contributed by atoms with Crippen molar-refractivity contribution in [1.29, 1.82) is 0 Å². The van der Waals surface area contributed by atoms with Crippen molar-refractivity contribution in [3.8, 4) is 0 Å². The second-order valence-electron chi connectivity index (χ2n) is 5.69. The van der Waals surface area contributed by atoms with Gasteiger partial charge in [0.15, 0.2) is 5.78 Å². The SMILES string of the molecule is CCc1cccc(CC)c1NC(=O)CNc1ccc(C(C)=O)cc1. The minimum Gasteiger partial charge on any atom is -0.376 e. The fourth-order valence-electron chi connectivity index (χ4n) is 2.59. The average Bonchev–Trinajstić information content (AvgIpc) is 2.60. The summed E-state index contributed by atoms with van der Waals surface area (Å²) in [6.07, 6.45) is 1.76. The van der Waals surface area contributed by atoms with Crippen molar-refractivity contribution in [3.05, 3.63) is 59.2 Å². The molecule has 0 aromatic heterocycles. The van der Waals surface area contributed by atoms with Gasteiger partial charge in [0, 0.05) is 16.9 Å². The highest BCUT2D eigenvalue weighted by atomic mass is 16.2. The highest BCUT2D eigenvalue weighted by Gasteiger charge is 2.10. The summed E-state index contributed by atoms with van der Waals surface area (Å²) in [5.74, 6) is -0.0520. The fourth-order valence-corrected chi connectivity index (χ4v) is 2.59. The predicted molar refractivity (Wildman–Crippen MR) is 98.8 cm³/mol. The van der Waals surface area contributed by atoms with Crippen molar-refractivity contribution in [3.63, 3.8) is 0 Å². The molecule has 1 amide bonds. The first kappa shape index (κ1) is 17.7. The van der Waals surface area contributed by atoms with E-state index in [4.69, 9.17) is 0 Å². The van der Waals surface area contributed by atoms with E-state index in [9.17, 15) is 9.59 Å². The molecule has 0 heterocycles. The summed E-state index contributed by atoms with van der Waals surface area (Å²) in [5, 5.41) is 6.11. The maximum atomic E-state index is 12.3. The van der Waals surface area contributed by atoms with E-state index in [2.05, 4.69) is 24.5 Å². The molecule has 2 N–H and O–H groups in total. The van der Waals surface area contributed by atoms with Crippen LogP contribution in [0.15, 0.2) is 42.5 Å². The van der Waals surface area contributed by atoms with Crippen molar-refractivity contribution in [2.75, 3.05) is 17.2 Å². The standard InChI is InChI=1S/C20H24N2O2/c1-4-15-7-6-8-16(5-2)20(15)22-19(24)13-21-18-11-9-17(10-12-18)14(3)23/h6-12,21H,4-5,13H2,1-3H3,(H,22,24). The number of benzene rings is 2. The lowest BCUT2D eigenvalue weighted by molar-refractivity contribution is -0.114. The number of para-hydroxylation sites is 1. The van der Waals surface area contributed by atoms with Gasteiger partial charge in [-0.05, 0) is 55.2 Å². The molecule has 2 aromatic rings. The van der Waals surface area contributed by atoms with Crippen molar-refractivity contribution >= 4 is 23.1 Å². The molecule has 24 heavy (non-hydrogen) atoms. The topological polar surface area (TPSA) is 58.2 Å². The van der Waals surface area contributed by atoms with Crippen molar-refractivity contribution in [2.24, 2.45) is 0 Å². The molecule has 4 heteroatoms. The Labute approximate surface area is 143 Å². The molecule has 0 aliphatic rings. The van der Waals surface area contributed by atoms with Crippen molar-refractivity contribution in [1.82, 2.24) is 0 Å². The first-order valence-corrected chi connectivity index (χ1v) is 8.30. The zero-order valence-electron chi connectivity index (χ0n) is 14.5. The molecule has 0 aliphatic carbocycles. The minimum atomic E-state index is -0.0822. The van der Waals surface area contributed by atoms with Crippen LogP contribution in [0.5, 0.6) is 0 Å². The Morgan fingerprint density at radius 2 is 1.50 bits per heavy atom. The van der Waals surface area contributed by atoms with Crippen LogP contribution < -0.4 is 10.6 Å². The van der Waals surface area contributed by atoms with Crippen LogP contribution in [-0.2, 0) is 17.6 Å². The molecule has 0 spiro atoms. The smallest absolute Gasteiger partial charge is 0.243 e. The van der Waals surface area contributed by atoms with E-state index in [1.807, 2.05) is 30.3 Å². The summed E-state index contributed by atoms with van der Waals surface area (Å²) in [6.45, 7) is 5.88. The number of nitrogens with one attached hydrogen (secondary N) is 2. The first-order chi connectivity index (χ1) is 11.5. The molecule has 4 nitrogen and oxygen atoms in total. The highest BCUT2D eigenvalue weighted by molar-refractivity contribution is 5.96. The minimum absolute atomic E-state index is 0.0301. The fraction of sp³-hybridized carbons (Fsp3) is 0.300. The normalized spacial score (nSPS) is 10.3. The third kappa shape index (κ3) is 4.44. The predicted octanol–water partition coefficient (Wildman–Crippen LogP) is 4.06. The lowest BCUT2D eigenvalue weighted by Crippen LogP contribution is -2.23. The molecule has 126 valence electrons. The molecule has 0 bridgehead atoms. The summed E-state index contributed by atoms with van der Waals surface area (Å²) >= 11 is 0. The number of ketones is 1. The second kappa shape index (κ2) is 8.29. The van der Waals surface area contributed by atoms with Gasteiger partial charge in [-0.3, -0.25) is 9.59 Å². The number of carbonyl (C=O) groups excluding carboxylic acids is 2. The number of rotatable bonds is 7. The quantitative estimate of drug-likeness (QED) is 0.755. The van der Waals surface area contributed by atoms with Gasteiger partial charge in [-0.1, -0.05) is 32.0 Å². The van der Waals surface area contributed by atoms with Gasteiger partial charge >= 0.3 is 0 Å². The Balaban J connectivity index is 2.00. The van der Waals surface area contributed by atoms with Gasteiger partial charge in [0.25, 0.3) is 0 Å². The largest absolute Gasteiger partial charge is 0.376 e. The van der Waals surface area contributed by atoms with Crippen LogP contribution in [-0.4, -0.2) is 18.2 Å². The van der Waals surface area contributed by atoms with Gasteiger partial charge in [0.1, 0.15) is 0 Å². The molecular formula is C20H24N2O2. The number of amides is 1. The molecule has 0 fully saturated rings. The second-order valence-corrected chi connectivity index (χ2v) is 5.69. The Morgan fingerprint density at radius 3 is 2.00 bits per heavy atom. The van der Waals surface area contributed by atoms with E-state index >= 15 is 0 Å². The molecule has 0 aliphatic heterocycles. The van der Waals surface area contributed by atoms with Crippen LogP contribution >= 0.6 is 0 Å². The number of aryl methyl sites for hydroxylation is 2. The van der Waals surface area contributed by atoms with Gasteiger partial charge in [0.2, 0.25) is 5.91 Å². The van der Waals surface area contributed by atoms with E-state index in [-0.39, 0.29) is 18.2 Å². The maximum absolute atomic E-state index is 12.3. The van der Waals surface area contributed by atoms with E-state index in [0.717, 1.165) is 35.3 Å². The number of Topliss-reactive ketones (excluding diaryl/α,β-unsaturated/α-hetero) is 1. The Bertz CT molecular complexity index is 699.